The summed E-state index contributed by atoms with van der Waals surface area (Å²) in [5, 5.41) is 3.35. The second-order valence-electron chi connectivity index (χ2n) is 4.69. The molecule has 1 N–H and O–H groups in total. The van der Waals surface area contributed by atoms with Gasteiger partial charge in [0.2, 0.25) is 0 Å². The van der Waals surface area contributed by atoms with Crippen LogP contribution in [0.1, 0.15) is 31.2 Å². The minimum absolute atomic E-state index is 0.159. The maximum atomic E-state index is 12.0. The van der Waals surface area contributed by atoms with Crippen LogP contribution < -0.4 is 10.1 Å². The summed E-state index contributed by atoms with van der Waals surface area (Å²) in [6.07, 6.45) is -2.59. The van der Waals surface area contributed by atoms with Gasteiger partial charge in [-0.05, 0) is 49.9 Å². The van der Waals surface area contributed by atoms with Crippen molar-refractivity contribution < 1.29 is 17.9 Å². The summed E-state index contributed by atoms with van der Waals surface area (Å²) in [6.45, 7) is 3.07. The van der Waals surface area contributed by atoms with Gasteiger partial charge in [-0.1, -0.05) is 12.1 Å². The summed E-state index contributed by atoms with van der Waals surface area (Å²) in [6, 6.07) is 6.67. The maximum Gasteiger partial charge on any atom is 0.573 e. The fourth-order valence-electron chi connectivity index (χ4n) is 2.38. The first-order valence-electron chi connectivity index (χ1n) is 6.03. The predicted octanol–water partition coefficient (Wildman–Crippen LogP) is 3.44. The van der Waals surface area contributed by atoms with Gasteiger partial charge >= 0.3 is 6.36 Å². The lowest BCUT2D eigenvalue weighted by atomic mass is 9.87. The minimum atomic E-state index is -4.62. The molecule has 1 unspecified atom stereocenters. The molecule has 18 heavy (non-hydrogen) atoms. The van der Waals surface area contributed by atoms with E-state index in [9.17, 15) is 13.2 Å². The van der Waals surface area contributed by atoms with Crippen molar-refractivity contribution >= 4 is 0 Å². The van der Waals surface area contributed by atoms with E-state index in [1.54, 1.807) is 12.1 Å². The smallest absolute Gasteiger partial charge is 0.406 e. The Morgan fingerprint density at radius 1 is 1.22 bits per heavy atom. The third kappa shape index (κ3) is 3.63. The van der Waals surface area contributed by atoms with E-state index in [0.717, 1.165) is 24.9 Å². The Labute approximate surface area is 104 Å². The van der Waals surface area contributed by atoms with Crippen molar-refractivity contribution in [3.63, 3.8) is 0 Å². The summed E-state index contributed by atoms with van der Waals surface area (Å²) < 4.78 is 39.9. The number of rotatable bonds is 2. The number of benzene rings is 1. The molecule has 1 heterocycles. The molecule has 0 radical (unpaired) electrons. The van der Waals surface area contributed by atoms with E-state index in [0.29, 0.717) is 12.0 Å². The summed E-state index contributed by atoms with van der Waals surface area (Å²) in [5.41, 5.74) is 1.08. The van der Waals surface area contributed by atoms with Crippen LogP contribution in [-0.4, -0.2) is 18.9 Å². The van der Waals surface area contributed by atoms with E-state index < -0.39 is 6.36 Å². The number of hydrogen-bond donors (Lipinski definition) is 1. The molecule has 0 aromatic heterocycles. The third-order valence-corrected chi connectivity index (χ3v) is 3.21. The standard InChI is InChI=1S/C13H16F3NO/c1-9-8-11(6-7-17-9)10-2-4-12(5-3-10)18-13(14,15)16/h2-5,9,11,17H,6-8H2,1H3/t9-,11?/m0/s1. The number of ether oxygens (including phenoxy) is 1. The monoisotopic (exact) mass is 259 g/mol. The number of alkyl halides is 3. The van der Waals surface area contributed by atoms with Crippen LogP contribution in [0.15, 0.2) is 24.3 Å². The first-order chi connectivity index (χ1) is 8.44. The van der Waals surface area contributed by atoms with Gasteiger partial charge < -0.3 is 10.1 Å². The molecule has 1 aromatic carbocycles. The third-order valence-electron chi connectivity index (χ3n) is 3.21. The molecule has 2 nitrogen and oxygen atoms in total. The first-order valence-corrected chi connectivity index (χ1v) is 6.03. The van der Waals surface area contributed by atoms with Crippen LogP contribution in [0.3, 0.4) is 0 Å². The summed E-state index contributed by atoms with van der Waals surface area (Å²) in [5.74, 6) is 0.259. The second-order valence-corrected chi connectivity index (χ2v) is 4.69. The van der Waals surface area contributed by atoms with Gasteiger partial charge in [0.25, 0.3) is 0 Å². The maximum absolute atomic E-state index is 12.0. The highest BCUT2D eigenvalue weighted by atomic mass is 19.4. The van der Waals surface area contributed by atoms with Crippen LogP contribution >= 0.6 is 0 Å². The van der Waals surface area contributed by atoms with Crippen LogP contribution in [0, 0.1) is 0 Å². The van der Waals surface area contributed by atoms with Crippen LogP contribution in [0.4, 0.5) is 13.2 Å². The lowest BCUT2D eigenvalue weighted by Crippen LogP contribution is -2.34. The summed E-state index contributed by atoms with van der Waals surface area (Å²) >= 11 is 0. The van der Waals surface area contributed by atoms with Gasteiger partial charge in [-0.15, -0.1) is 13.2 Å². The summed E-state index contributed by atoms with van der Waals surface area (Å²) in [7, 11) is 0. The van der Waals surface area contributed by atoms with Gasteiger partial charge in [0, 0.05) is 6.04 Å². The van der Waals surface area contributed by atoms with E-state index in [1.165, 1.54) is 12.1 Å². The van der Waals surface area contributed by atoms with E-state index in [2.05, 4.69) is 17.0 Å². The Bertz CT molecular complexity index is 388. The zero-order chi connectivity index (χ0) is 13.2. The summed E-state index contributed by atoms with van der Waals surface area (Å²) in [4.78, 5) is 0. The molecule has 0 bridgehead atoms. The van der Waals surface area contributed by atoms with Crippen molar-refractivity contribution in [3.8, 4) is 5.75 Å². The lowest BCUT2D eigenvalue weighted by molar-refractivity contribution is -0.274. The molecular weight excluding hydrogens is 243 g/mol. The zero-order valence-corrected chi connectivity index (χ0v) is 10.1. The quantitative estimate of drug-likeness (QED) is 0.878. The fourth-order valence-corrected chi connectivity index (χ4v) is 2.38. The van der Waals surface area contributed by atoms with E-state index in [4.69, 9.17) is 0 Å². The Kier molecular flexibility index (Phi) is 3.80. The van der Waals surface area contributed by atoms with Crippen LogP contribution in [0.5, 0.6) is 5.75 Å². The molecule has 1 aliphatic heterocycles. The second kappa shape index (κ2) is 5.18. The van der Waals surface area contributed by atoms with Crippen molar-refractivity contribution in [2.75, 3.05) is 6.54 Å². The average molecular weight is 259 g/mol. The fraction of sp³-hybridized carbons (Fsp3) is 0.538. The Morgan fingerprint density at radius 2 is 1.89 bits per heavy atom. The molecule has 2 atom stereocenters. The molecule has 1 saturated heterocycles. The van der Waals surface area contributed by atoms with Gasteiger partial charge in [-0.2, -0.15) is 0 Å². The van der Waals surface area contributed by atoms with Gasteiger partial charge in [0.05, 0.1) is 0 Å². The largest absolute Gasteiger partial charge is 0.573 e. The highest BCUT2D eigenvalue weighted by Gasteiger charge is 2.31. The molecule has 5 heteroatoms. The van der Waals surface area contributed by atoms with E-state index >= 15 is 0 Å². The molecule has 0 amide bonds. The first kappa shape index (κ1) is 13.2. The Hall–Kier alpha value is -1.23. The Morgan fingerprint density at radius 3 is 2.44 bits per heavy atom. The van der Waals surface area contributed by atoms with Crippen molar-refractivity contribution in [3.05, 3.63) is 29.8 Å². The SMILES string of the molecule is C[C@H]1CC(c2ccc(OC(F)(F)F)cc2)CCN1. The predicted molar refractivity (Wildman–Crippen MR) is 62.6 cm³/mol. The van der Waals surface area contributed by atoms with Gasteiger partial charge in [0.15, 0.2) is 0 Å². The van der Waals surface area contributed by atoms with E-state index in [1.807, 2.05) is 0 Å². The molecule has 1 aromatic rings. The lowest BCUT2D eigenvalue weighted by Gasteiger charge is -2.28. The average Bonchev–Trinajstić information content (AvgIpc) is 2.28. The molecule has 1 aliphatic rings. The van der Waals surface area contributed by atoms with Crippen molar-refractivity contribution in [2.45, 2.75) is 38.1 Å². The Balaban J connectivity index is 2.03. The number of halogens is 3. The molecule has 0 saturated carbocycles. The normalized spacial score (nSPS) is 24.9. The van der Waals surface area contributed by atoms with Crippen LogP contribution in [0.2, 0.25) is 0 Å². The molecule has 0 aliphatic carbocycles. The molecule has 2 rings (SSSR count). The molecule has 100 valence electrons. The molecular formula is C13H16F3NO. The van der Waals surface area contributed by atoms with Gasteiger partial charge in [-0.3, -0.25) is 0 Å². The number of nitrogens with one attached hydrogen (secondary N) is 1. The number of hydrogen-bond acceptors (Lipinski definition) is 2. The van der Waals surface area contributed by atoms with Gasteiger partial charge in [0.1, 0.15) is 5.75 Å². The van der Waals surface area contributed by atoms with Crippen LogP contribution in [-0.2, 0) is 0 Å². The highest BCUT2D eigenvalue weighted by Crippen LogP contribution is 2.30. The zero-order valence-electron chi connectivity index (χ0n) is 10.1. The molecule has 1 fully saturated rings. The topological polar surface area (TPSA) is 21.3 Å². The number of piperidine rings is 1. The van der Waals surface area contributed by atoms with Crippen molar-refractivity contribution in [2.24, 2.45) is 0 Å². The van der Waals surface area contributed by atoms with E-state index in [-0.39, 0.29) is 5.75 Å². The highest BCUT2D eigenvalue weighted by molar-refractivity contribution is 5.30. The van der Waals surface area contributed by atoms with Gasteiger partial charge in [-0.25, -0.2) is 0 Å². The minimum Gasteiger partial charge on any atom is -0.406 e. The molecule has 0 spiro atoms. The van der Waals surface area contributed by atoms with Crippen molar-refractivity contribution in [1.29, 1.82) is 0 Å². The van der Waals surface area contributed by atoms with Crippen LogP contribution in [0.25, 0.3) is 0 Å². The van der Waals surface area contributed by atoms with Crippen molar-refractivity contribution in [1.82, 2.24) is 5.32 Å².